The number of hydrogen-bond acceptors (Lipinski definition) is 4. The van der Waals surface area contributed by atoms with E-state index in [1.807, 2.05) is 0 Å². The molecule has 0 fully saturated rings. The zero-order valence-corrected chi connectivity index (χ0v) is 7.02. The summed E-state index contributed by atoms with van der Waals surface area (Å²) < 4.78 is 5.03. The first-order valence-electron chi connectivity index (χ1n) is 3.81. The minimum absolute atomic E-state index is 0.0519. The SMILES string of the molecule is Nc1n[nH]c(-c2ccco2)c1C(=O)O. The summed E-state index contributed by atoms with van der Waals surface area (Å²) in [6.07, 6.45) is 1.44. The number of aromatic nitrogens is 2. The lowest BCUT2D eigenvalue weighted by Gasteiger charge is -1.94. The van der Waals surface area contributed by atoms with Crippen LogP contribution in [0.3, 0.4) is 0 Å². The smallest absolute Gasteiger partial charge is 0.341 e. The van der Waals surface area contributed by atoms with E-state index in [0.29, 0.717) is 5.76 Å². The van der Waals surface area contributed by atoms with Gasteiger partial charge in [0.15, 0.2) is 11.6 Å². The van der Waals surface area contributed by atoms with E-state index in [2.05, 4.69) is 10.2 Å². The van der Waals surface area contributed by atoms with Crippen molar-refractivity contribution in [2.75, 3.05) is 5.73 Å². The maximum atomic E-state index is 10.8. The van der Waals surface area contributed by atoms with Gasteiger partial charge in [-0.1, -0.05) is 0 Å². The molecule has 2 aromatic heterocycles. The maximum absolute atomic E-state index is 10.8. The van der Waals surface area contributed by atoms with Crippen LogP contribution >= 0.6 is 0 Å². The molecule has 2 aromatic rings. The molecule has 0 aliphatic rings. The van der Waals surface area contributed by atoms with Crippen LogP contribution in [0.2, 0.25) is 0 Å². The Kier molecular flexibility index (Phi) is 1.74. The number of carboxylic acids is 1. The summed E-state index contributed by atoms with van der Waals surface area (Å²) in [5, 5.41) is 15.0. The Morgan fingerprint density at radius 2 is 2.43 bits per heavy atom. The summed E-state index contributed by atoms with van der Waals surface area (Å²) >= 11 is 0. The van der Waals surface area contributed by atoms with E-state index in [0.717, 1.165) is 0 Å². The van der Waals surface area contributed by atoms with Crippen LogP contribution < -0.4 is 5.73 Å². The van der Waals surface area contributed by atoms with E-state index in [-0.39, 0.29) is 17.1 Å². The third-order valence-electron chi connectivity index (χ3n) is 1.78. The van der Waals surface area contributed by atoms with Crippen LogP contribution in [0.4, 0.5) is 5.82 Å². The van der Waals surface area contributed by atoms with Gasteiger partial charge >= 0.3 is 5.97 Å². The van der Waals surface area contributed by atoms with Crippen molar-refractivity contribution >= 4 is 11.8 Å². The predicted molar refractivity (Wildman–Crippen MR) is 47.7 cm³/mol. The van der Waals surface area contributed by atoms with Crippen molar-refractivity contribution in [1.29, 1.82) is 0 Å². The fraction of sp³-hybridized carbons (Fsp3) is 0. The molecule has 0 bridgehead atoms. The Hall–Kier alpha value is -2.24. The second-order valence-electron chi connectivity index (χ2n) is 2.64. The van der Waals surface area contributed by atoms with Gasteiger partial charge in [-0.15, -0.1) is 0 Å². The molecule has 0 unspecified atom stereocenters. The van der Waals surface area contributed by atoms with Gasteiger partial charge in [0.2, 0.25) is 0 Å². The van der Waals surface area contributed by atoms with E-state index in [4.69, 9.17) is 15.3 Å². The molecule has 4 N–H and O–H groups in total. The van der Waals surface area contributed by atoms with Crippen LogP contribution in [0, 0.1) is 0 Å². The van der Waals surface area contributed by atoms with Crippen molar-refractivity contribution in [2.24, 2.45) is 0 Å². The molecule has 0 aliphatic heterocycles. The number of aromatic amines is 1. The van der Waals surface area contributed by atoms with Crippen LogP contribution in [0.15, 0.2) is 22.8 Å². The Morgan fingerprint density at radius 3 is 3.00 bits per heavy atom. The average Bonchev–Trinajstić information content (AvgIpc) is 2.70. The van der Waals surface area contributed by atoms with Crippen molar-refractivity contribution in [2.45, 2.75) is 0 Å². The highest BCUT2D eigenvalue weighted by molar-refractivity contribution is 5.98. The topological polar surface area (TPSA) is 105 Å². The van der Waals surface area contributed by atoms with Crippen LogP contribution in [0.25, 0.3) is 11.5 Å². The first kappa shape index (κ1) is 8.36. The second kappa shape index (κ2) is 2.91. The highest BCUT2D eigenvalue weighted by Crippen LogP contribution is 2.25. The van der Waals surface area contributed by atoms with Crippen LogP contribution in [0.1, 0.15) is 10.4 Å². The van der Waals surface area contributed by atoms with Crippen molar-refractivity contribution in [3.8, 4) is 11.5 Å². The molecule has 0 atom stereocenters. The standard InChI is InChI=1S/C8H7N3O3/c9-7-5(8(12)13)6(10-11-7)4-2-1-3-14-4/h1-3H,(H,12,13)(H3,9,10,11). The number of rotatable bonds is 2. The number of anilines is 1. The molecule has 2 heterocycles. The first-order chi connectivity index (χ1) is 6.70. The number of hydrogen-bond donors (Lipinski definition) is 3. The molecule has 0 aliphatic carbocycles. The molecule has 72 valence electrons. The van der Waals surface area contributed by atoms with E-state index in [1.54, 1.807) is 12.1 Å². The third kappa shape index (κ3) is 1.13. The number of furan rings is 1. The van der Waals surface area contributed by atoms with E-state index in [9.17, 15) is 4.79 Å². The normalized spacial score (nSPS) is 10.3. The average molecular weight is 193 g/mol. The molecule has 0 spiro atoms. The van der Waals surface area contributed by atoms with Crippen molar-refractivity contribution < 1.29 is 14.3 Å². The fourth-order valence-electron chi connectivity index (χ4n) is 1.17. The summed E-state index contributed by atoms with van der Waals surface area (Å²) in [7, 11) is 0. The molecule has 2 rings (SSSR count). The van der Waals surface area contributed by atoms with Gasteiger partial charge in [0.1, 0.15) is 11.3 Å². The monoisotopic (exact) mass is 193 g/mol. The Bertz CT molecular complexity index is 458. The predicted octanol–water partition coefficient (Wildman–Crippen LogP) is 0.950. The fourth-order valence-corrected chi connectivity index (χ4v) is 1.17. The molecule has 0 saturated heterocycles. The lowest BCUT2D eigenvalue weighted by atomic mass is 10.2. The van der Waals surface area contributed by atoms with Gasteiger partial charge in [-0.3, -0.25) is 5.10 Å². The number of nitrogens with zero attached hydrogens (tertiary/aromatic N) is 1. The van der Waals surface area contributed by atoms with E-state index < -0.39 is 5.97 Å². The van der Waals surface area contributed by atoms with Gasteiger partial charge in [0, 0.05) is 0 Å². The minimum Gasteiger partial charge on any atom is -0.477 e. The number of aromatic carboxylic acids is 1. The zero-order valence-electron chi connectivity index (χ0n) is 7.02. The minimum atomic E-state index is -1.14. The van der Waals surface area contributed by atoms with Crippen LogP contribution in [-0.4, -0.2) is 21.3 Å². The summed E-state index contributed by atoms with van der Waals surface area (Å²) in [4.78, 5) is 10.8. The summed E-state index contributed by atoms with van der Waals surface area (Å²) in [5.74, 6) is -0.793. The lowest BCUT2D eigenvalue weighted by Crippen LogP contribution is -2.01. The Labute approximate surface area is 78.3 Å². The number of nitrogen functional groups attached to an aromatic ring is 1. The number of nitrogens with one attached hydrogen (secondary N) is 1. The van der Waals surface area contributed by atoms with Crippen molar-refractivity contribution in [3.63, 3.8) is 0 Å². The van der Waals surface area contributed by atoms with Gasteiger partial charge < -0.3 is 15.3 Å². The molecular weight excluding hydrogens is 186 g/mol. The molecule has 0 aromatic carbocycles. The molecular formula is C8H7N3O3. The Morgan fingerprint density at radius 1 is 1.64 bits per heavy atom. The van der Waals surface area contributed by atoms with Crippen molar-refractivity contribution in [3.05, 3.63) is 24.0 Å². The second-order valence-corrected chi connectivity index (χ2v) is 2.64. The van der Waals surface area contributed by atoms with Crippen LogP contribution in [-0.2, 0) is 0 Å². The molecule has 6 heteroatoms. The quantitative estimate of drug-likeness (QED) is 0.658. The van der Waals surface area contributed by atoms with Gasteiger partial charge in [-0.2, -0.15) is 5.10 Å². The van der Waals surface area contributed by atoms with E-state index in [1.165, 1.54) is 6.26 Å². The molecule has 0 amide bonds. The molecule has 6 nitrogen and oxygen atoms in total. The zero-order chi connectivity index (χ0) is 10.1. The summed E-state index contributed by atoms with van der Waals surface area (Å²) in [5.41, 5.74) is 5.59. The molecule has 0 radical (unpaired) electrons. The highest BCUT2D eigenvalue weighted by Gasteiger charge is 2.20. The van der Waals surface area contributed by atoms with Gasteiger partial charge in [0.25, 0.3) is 0 Å². The summed E-state index contributed by atoms with van der Waals surface area (Å²) in [6, 6.07) is 3.28. The van der Waals surface area contributed by atoms with Crippen molar-refractivity contribution in [1.82, 2.24) is 10.2 Å². The maximum Gasteiger partial charge on any atom is 0.341 e. The third-order valence-corrected chi connectivity index (χ3v) is 1.78. The largest absolute Gasteiger partial charge is 0.477 e. The Balaban J connectivity index is 2.60. The van der Waals surface area contributed by atoms with Crippen LogP contribution in [0.5, 0.6) is 0 Å². The summed E-state index contributed by atoms with van der Waals surface area (Å²) in [6.45, 7) is 0. The highest BCUT2D eigenvalue weighted by atomic mass is 16.4. The number of carboxylic acid groups (broad SMARTS) is 1. The van der Waals surface area contributed by atoms with Gasteiger partial charge in [0.05, 0.1) is 6.26 Å². The first-order valence-corrected chi connectivity index (χ1v) is 3.81. The lowest BCUT2D eigenvalue weighted by molar-refractivity contribution is 0.0698. The molecule has 0 saturated carbocycles. The number of carbonyl (C=O) groups is 1. The van der Waals surface area contributed by atoms with Gasteiger partial charge in [-0.05, 0) is 12.1 Å². The van der Waals surface area contributed by atoms with Gasteiger partial charge in [-0.25, -0.2) is 4.79 Å². The number of H-pyrrole nitrogens is 1. The van der Waals surface area contributed by atoms with E-state index >= 15 is 0 Å². The number of nitrogens with two attached hydrogens (primary N) is 1. The molecule has 14 heavy (non-hydrogen) atoms.